The number of rotatable bonds is 5. The van der Waals surface area contributed by atoms with Crippen LogP contribution in [-0.2, 0) is 29.4 Å². The number of fused-ring (bicyclic) bond motifs is 3. The van der Waals surface area contributed by atoms with Gasteiger partial charge in [0.1, 0.15) is 41.2 Å². The summed E-state index contributed by atoms with van der Waals surface area (Å²) >= 11 is 3.51. The Morgan fingerprint density at radius 2 is 1.78 bits per heavy atom. The highest BCUT2D eigenvalue weighted by Crippen LogP contribution is 2.62. The fourth-order valence-corrected chi connectivity index (χ4v) is 8.80. The van der Waals surface area contributed by atoms with Crippen LogP contribution in [0, 0.1) is 19.3 Å². The van der Waals surface area contributed by atoms with Crippen molar-refractivity contribution in [3.05, 3.63) is 63.4 Å². The van der Waals surface area contributed by atoms with E-state index in [0.717, 1.165) is 62.6 Å². The molecule has 3 aromatic heterocycles. The third kappa shape index (κ3) is 6.94. The monoisotopic (exact) mass is 758 g/mol. The molecular weight excluding hydrogens is 715 g/mol. The summed E-state index contributed by atoms with van der Waals surface area (Å²) in [6, 6.07) is 4.67. The standard InChI is InChI=1S/C38H44BrFN8O3/c1-22-12-32(39)43-36-29(22)20-46(4)11-9-7-5-6-8-10-38-15-30(37(51)44-36)48(31(38)16-38)33(50)21-47-35-26(17-40)13-25(27-18-41-24(3)42-19-27)14-28(35)34(45-47)23(2)49/h12-14,18-19,30-31H,5-11,15-17,20-21H2,1-4H3,(H,43,44,51)/t30-,31+,38-/m0/s1. The van der Waals surface area contributed by atoms with E-state index < -0.39 is 12.7 Å². The molecule has 51 heavy (non-hydrogen) atoms. The average molecular weight is 760 g/mol. The van der Waals surface area contributed by atoms with E-state index in [4.69, 9.17) is 0 Å². The molecule has 13 heteroatoms. The van der Waals surface area contributed by atoms with Crippen molar-refractivity contribution in [2.75, 3.05) is 18.9 Å². The molecule has 3 atom stereocenters. The number of piperidine rings is 1. The van der Waals surface area contributed by atoms with Crippen molar-refractivity contribution in [1.29, 1.82) is 0 Å². The third-order valence-corrected chi connectivity index (χ3v) is 11.4. The van der Waals surface area contributed by atoms with Gasteiger partial charge in [0.05, 0.1) is 5.52 Å². The lowest BCUT2D eigenvalue weighted by atomic mass is 9.92. The summed E-state index contributed by atoms with van der Waals surface area (Å²) in [5, 5.41) is 8.17. The second kappa shape index (κ2) is 14.1. The number of likely N-dealkylation sites (tertiary alicyclic amines) is 1. The van der Waals surface area contributed by atoms with E-state index in [0.29, 0.717) is 56.8 Å². The fraction of sp³-hybridized carbons (Fsp3) is 0.500. The minimum atomic E-state index is -0.828. The van der Waals surface area contributed by atoms with Gasteiger partial charge in [-0.2, -0.15) is 5.10 Å². The van der Waals surface area contributed by atoms with E-state index in [2.05, 4.69) is 53.2 Å². The minimum Gasteiger partial charge on any atom is -0.325 e. The van der Waals surface area contributed by atoms with E-state index in [1.54, 1.807) is 36.4 Å². The molecule has 7 rings (SSSR count). The number of amides is 2. The fourth-order valence-electron chi connectivity index (χ4n) is 8.28. The molecule has 2 bridgehead atoms. The van der Waals surface area contributed by atoms with Gasteiger partial charge in [0.15, 0.2) is 5.78 Å². The number of nitrogens with zero attached hydrogens (tertiary/aromatic N) is 7. The number of carbonyl (C=O) groups is 3. The topological polar surface area (TPSA) is 126 Å². The molecule has 0 radical (unpaired) electrons. The van der Waals surface area contributed by atoms with Crippen LogP contribution in [0.3, 0.4) is 0 Å². The quantitative estimate of drug-likeness (QED) is 0.176. The van der Waals surface area contributed by atoms with Gasteiger partial charge >= 0.3 is 0 Å². The van der Waals surface area contributed by atoms with Crippen molar-refractivity contribution < 1.29 is 18.8 Å². The number of nitrogens with one attached hydrogen (secondary N) is 1. The molecule has 3 aliphatic rings. The van der Waals surface area contributed by atoms with Gasteiger partial charge in [-0.1, -0.05) is 25.7 Å². The summed E-state index contributed by atoms with van der Waals surface area (Å²) in [5.74, 6) is 0.265. The summed E-state index contributed by atoms with van der Waals surface area (Å²) in [5.41, 5.74) is 4.05. The van der Waals surface area contributed by atoms with Crippen LogP contribution >= 0.6 is 15.9 Å². The van der Waals surface area contributed by atoms with Gasteiger partial charge in [0, 0.05) is 54.0 Å². The smallest absolute Gasteiger partial charge is 0.248 e. The maximum atomic E-state index is 14.8. The SMILES string of the molecule is CC(=O)c1nn(CC(=O)N2[C@H]3C[C@@]4(CCCCCCCN(C)Cc5c(C)cc(Br)nc5NC3=O)C[C@@H]24)c2c(CF)cc(-c3cnc(C)nc3)cc12. The number of Topliss-reactive ketones (excluding diaryl/α,β-unsaturated/α-hetero) is 1. The Balaban J connectivity index is 1.23. The number of aromatic nitrogens is 5. The van der Waals surface area contributed by atoms with E-state index in [1.807, 2.05) is 13.0 Å². The highest BCUT2D eigenvalue weighted by Gasteiger charge is 2.66. The number of halogens is 2. The molecule has 0 unspecified atom stereocenters. The van der Waals surface area contributed by atoms with Gasteiger partial charge in [-0.3, -0.25) is 19.1 Å². The first-order valence-corrected chi connectivity index (χ1v) is 18.6. The molecule has 1 aliphatic carbocycles. The van der Waals surface area contributed by atoms with Crippen LogP contribution in [0.1, 0.15) is 91.3 Å². The van der Waals surface area contributed by atoms with Crippen molar-refractivity contribution in [3.63, 3.8) is 0 Å². The lowest BCUT2D eigenvalue weighted by Crippen LogP contribution is -2.47. The van der Waals surface area contributed by atoms with Gasteiger partial charge in [-0.15, -0.1) is 0 Å². The van der Waals surface area contributed by atoms with Crippen LogP contribution in [-0.4, -0.2) is 77.8 Å². The first-order chi connectivity index (χ1) is 24.5. The number of hydrogen-bond donors (Lipinski definition) is 1. The molecule has 2 aliphatic heterocycles. The molecule has 1 saturated heterocycles. The molecule has 11 nitrogen and oxygen atoms in total. The first kappa shape index (κ1) is 35.3. The van der Waals surface area contributed by atoms with Gasteiger partial charge < -0.3 is 15.1 Å². The number of pyridine rings is 1. The molecule has 2 fully saturated rings. The van der Waals surface area contributed by atoms with Crippen LogP contribution in [0.5, 0.6) is 0 Å². The van der Waals surface area contributed by atoms with Crippen LogP contribution < -0.4 is 5.32 Å². The zero-order chi connectivity index (χ0) is 36.0. The van der Waals surface area contributed by atoms with Crippen LogP contribution in [0.2, 0.25) is 0 Å². The number of alkyl halides is 1. The van der Waals surface area contributed by atoms with Crippen molar-refractivity contribution >= 4 is 50.2 Å². The molecule has 4 aromatic rings. The summed E-state index contributed by atoms with van der Waals surface area (Å²) in [6.45, 7) is 5.75. The Hall–Kier alpha value is -4.10. The number of carbonyl (C=O) groups excluding carboxylic acids is 3. The van der Waals surface area contributed by atoms with E-state index in [9.17, 15) is 18.8 Å². The molecule has 5 heterocycles. The Kier molecular flexibility index (Phi) is 9.79. The zero-order valence-electron chi connectivity index (χ0n) is 29.6. The highest BCUT2D eigenvalue weighted by atomic mass is 79.9. The normalized spacial score (nSPS) is 22.8. The van der Waals surface area contributed by atoms with Gasteiger partial charge in [-0.25, -0.2) is 19.3 Å². The maximum absolute atomic E-state index is 14.8. The van der Waals surface area contributed by atoms with Gasteiger partial charge in [-0.05, 0) is 104 Å². The number of aryl methyl sites for hydroxylation is 2. The van der Waals surface area contributed by atoms with Crippen LogP contribution in [0.4, 0.5) is 10.2 Å². The molecule has 1 saturated carbocycles. The van der Waals surface area contributed by atoms with E-state index in [-0.39, 0.29) is 41.3 Å². The molecule has 1 N–H and O–H groups in total. The number of anilines is 1. The van der Waals surface area contributed by atoms with Gasteiger partial charge in [0.2, 0.25) is 11.8 Å². The van der Waals surface area contributed by atoms with Crippen molar-refractivity contribution in [1.82, 2.24) is 34.5 Å². The molecular formula is C38H44BrFN8O3. The summed E-state index contributed by atoms with van der Waals surface area (Å²) in [4.78, 5) is 58.8. The number of hydrogen-bond acceptors (Lipinski definition) is 8. The highest BCUT2D eigenvalue weighted by molar-refractivity contribution is 9.10. The van der Waals surface area contributed by atoms with Gasteiger partial charge in [0.25, 0.3) is 0 Å². The molecule has 2 amide bonds. The predicted molar refractivity (Wildman–Crippen MR) is 196 cm³/mol. The largest absolute Gasteiger partial charge is 0.325 e. The lowest BCUT2D eigenvalue weighted by molar-refractivity contribution is -0.138. The Morgan fingerprint density at radius 3 is 2.53 bits per heavy atom. The second-order valence-corrected chi connectivity index (χ2v) is 15.5. The van der Waals surface area contributed by atoms with Crippen molar-refractivity contribution in [2.45, 2.75) is 104 Å². The van der Waals surface area contributed by atoms with E-state index in [1.165, 1.54) is 11.6 Å². The summed E-state index contributed by atoms with van der Waals surface area (Å²) < 4.78 is 16.8. The second-order valence-electron chi connectivity index (χ2n) is 14.7. The predicted octanol–water partition coefficient (Wildman–Crippen LogP) is 6.72. The Labute approximate surface area is 305 Å². The zero-order valence-corrected chi connectivity index (χ0v) is 31.2. The van der Waals surface area contributed by atoms with Crippen molar-refractivity contribution in [3.8, 4) is 11.1 Å². The van der Waals surface area contributed by atoms with Crippen LogP contribution in [0.15, 0.2) is 35.2 Å². The number of ketones is 1. The Bertz CT molecular complexity index is 2020. The third-order valence-electron chi connectivity index (χ3n) is 11.0. The number of benzene rings is 1. The first-order valence-electron chi connectivity index (χ1n) is 17.8. The molecule has 268 valence electrons. The van der Waals surface area contributed by atoms with E-state index >= 15 is 0 Å². The Morgan fingerprint density at radius 1 is 1.04 bits per heavy atom. The molecule has 1 spiro atoms. The summed E-state index contributed by atoms with van der Waals surface area (Å²) in [6.07, 6.45) is 11.3. The average Bonchev–Trinajstić information content (AvgIpc) is 3.50. The van der Waals surface area contributed by atoms with Crippen molar-refractivity contribution in [2.24, 2.45) is 5.41 Å². The maximum Gasteiger partial charge on any atom is 0.248 e. The molecule has 1 aromatic carbocycles. The van der Waals surface area contributed by atoms with Crippen LogP contribution in [0.25, 0.3) is 22.0 Å². The lowest BCUT2D eigenvalue weighted by Gasteiger charge is -2.28. The summed E-state index contributed by atoms with van der Waals surface area (Å²) in [7, 11) is 2.09. The minimum absolute atomic E-state index is 0.0675.